The fourth-order valence-electron chi connectivity index (χ4n) is 1.05. The Balaban J connectivity index is 3.05. The highest BCUT2D eigenvalue weighted by atomic mass is 19.4. The Morgan fingerprint density at radius 1 is 1.41 bits per heavy atom. The van der Waals surface area contributed by atoms with Gasteiger partial charge in [-0.1, -0.05) is 0 Å². The van der Waals surface area contributed by atoms with Crippen LogP contribution in [0.3, 0.4) is 0 Å². The van der Waals surface area contributed by atoms with E-state index in [2.05, 4.69) is 20.6 Å². The van der Waals surface area contributed by atoms with Gasteiger partial charge < -0.3 is 15.7 Å². The molecule has 8 heteroatoms. The molecule has 5 nitrogen and oxygen atoms in total. The summed E-state index contributed by atoms with van der Waals surface area (Å²) in [4.78, 5) is 7.15. The number of hydrogen-bond acceptors (Lipinski definition) is 5. The summed E-state index contributed by atoms with van der Waals surface area (Å²) >= 11 is 0. The molecule has 0 aromatic carbocycles. The fourth-order valence-corrected chi connectivity index (χ4v) is 1.05. The van der Waals surface area contributed by atoms with Crippen molar-refractivity contribution in [1.82, 2.24) is 9.97 Å². The molecule has 0 amide bonds. The zero-order valence-corrected chi connectivity index (χ0v) is 9.34. The summed E-state index contributed by atoms with van der Waals surface area (Å²) in [6.07, 6.45) is -4.53. The van der Waals surface area contributed by atoms with Crippen LogP contribution in [0.4, 0.5) is 24.9 Å². The molecule has 17 heavy (non-hydrogen) atoms. The molecule has 1 aromatic heterocycles. The minimum Gasteiger partial charge on any atom is -0.394 e. The van der Waals surface area contributed by atoms with Crippen LogP contribution in [0.15, 0.2) is 6.07 Å². The minimum atomic E-state index is -4.53. The summed E-state index contributed by atoms with van der Waals surface area (Å²) in [6, 6.07) is 0.387. The van der Waals surface area contributed by atoms with Gasteiger partial charge in [0.2, 0.25) is 5.95 Å². The van der Waals surface area contributed by atoms with Gasteiger partial charge in [-0.2, -0.15) is 18.2 Å². The van der Waals surface area contributed by atoms with Gasteiger partial charge in [0.05, 0.1) is 6.61 Å². The second-order valence-electron chi connectivity index (χ2n) is 3.44. The van der Waals surface area contributed by atoms with Crippen molar-refractivity contribution < 1.29 is 18.3 Å². The highest BCUT2D eigenvalue weighted by Gasteiger charge is 2.33. The van der Waals surface area contributed by atoms with Crippen LogP contribution in [-0.2, 0) is 6.18 Å². The van der Waals surface area contributed by atoms with Crippen molar-refractivity contribution in [2.75, 3.05) is 24.3 Å². The average Bonchev–Trinajstić information content (AvgIpc) is 2.27. The molecule has 96 valence electrons. The summed E-state index contributed by atoms with van der Waals surface area (Å²) in [5, 5.41) is 13.9. The predicted molar refractivity (Wildman–Crippen MR) is 56.8 cm³/mol. The van der Waals surface area contributed by atoms with Crippen LogP contribution >= 0.6 is 0 Å². The number of rotatable bonds is 4. The maximum atomic E-state index is 12.5. The van der Waals surface area contributed by atoms with Gasteiger partial charge in [0.15, 0.2) is 5.69 Å². The quantitative estimate of drug-likeness (QED) is 0.752. The Morgan fingerprint density at radius 2 is 2.06 bits per heavy atom. The molecule has 0 spiro atoms. The normalized spacial score (nSPS) is 13.3. The lowest BCUT2D eigenvalue weighted by Crippen LogP contribution is -2.22. The lowest BCUT2D eigenvalue weighted by Gasteiger charge is -2.14. The number of aromatic nitrogens is 2. The smallest absolute Gasteiger partial charge is 0.394 e. The van der Waals surface area contributed by atoms with Crippen LogP contribution in [0.25, 0.3) is 0 Å². The maximum absolute atomic E-state index is 12.5. The van der Waals surface area contributed by atoms with Crippen LogP contribution in [-0.4, -0.2) is 34.8 Å². The van der Waals surface area contributed by atoms with Crippen molar-refractivity contribution in [1.29, 1.82) is 0 Å². The zero-order valence-electron chi connectivity index (χ0n) is 9.34. The van der Waals surface area contributed by atoms with E-state index < -0.39 is 17.9 Å². The topological polar surface area (TPSA) is 70.1 Å². The van der Waals surface area contributed by atoms with E-state index in [1.165, 1.54) is 7.05 Å². The molecule has 0 aliphatic heterocycles. The third-order valence-electron chi connectivity index (χ3n) is 1.92. The number of aliphatic hydroxyl groups is 1. The Labute approximate surface area is 96.1 Å². The number of aliphatic hydroxyl groups excluding tert-OH is 1. The van der Waals surface area contributed by atoms with Crippen LogP contribution in [0.2, 0.25) is 0 Å². The number of nitrogens with zero attached hydrogens (tertiary/aromatic N) is 2. The third kappa shape index (κ3) is 3.74. The number of anilines is 2. The number of halogens is 3. The standard InChI is InChI=1S/C9H13F3N4O/c1-5(4-17)14-8-15-6(9(10,11)12)3-7(13-2)16-8/h3,5,17H,4H2,1-2H3,(H2,13,14,15,16)/t5-/m1/s1. The van der Waals surface area contributed by atoms with Gasteiger partial charge in [-0.15, -0.1) is 0 Å². The van der Waals surface area contributed by atoms with E-state index in [1.807, 2.05) is 0 Å². The van der Waals surface area contributed by atoms with Gasteiger partial charge in [-0.05, 0) is 6.92 Å². The van der Waals surface area contributed by atoms with E-state index in [1.54, 1.807) is 6.92 Å². The molecule has 0 saturated heterocycles. The lowest BCUT2D eigenvalue weighted by molar-refractivity contribution is -0.141. The minimum absolute atomic E-state index is 0.0555. The summed E-state index contributed by atoms with van der Waals surface area (Å²) < 4.78 is 37.5. The van der Waals surface area contributed by atoms with E-state index in [9.17, 15) is 13.2 Å². The summed E-state index contributed by atoms with van der Waals surface area (Å²) in [5.74, 6) is -0.120. The summed E-state index contributed by atoms with van der Waals surface area (Å²) in [5.41, 5.74) is -1.04. The van der Waals surface area contributed by atoms with Crippen LogP contribution in [0.5, 0.6) is 0 Å². The fraction of sp³-hybridized carbons (Fsp3) is 0.556. The van der Waals surface area contributed by atoms with E-state index in [0.717, 1.165) is 6.07 Å². The van der Waals surface area contributed by atoms with Crippen LogP contribution in [0, 0.1) is 0 Å². The van der Waals surface area contributed by atoms with Crippen molar-refractivity contribution in [3.05, 3.63) is 11.8 Å². The summed E-state index contributed by atoms with van der Waals surface area (Å²) in [6.45, 7) is 1.37. The molecular weight excluding hydrogens is 237 g/mol. The molecule has 1 rings (SSSR count). The molecule has 0 bridgehead atoms. The second kappa shape index (κ2) is 5.17. The molecule has 3 N–H and O–H groups in total. The lowest BCUT2D eigenvalue weighted by atomic mass is 10.3. The van der Waals surface area contributed by atoms with Gasteiger partial charge in [0.25, 0.3) is 0 Å². The molecule has 0 unspecified atom stereocenters. The Kier molecular flexibility index (Phi) is 4.11. The molecule has 1 heterocycles. The first kappa shape index (κ1) is 13.5. The number of nitrogens with one attached hydrogen (secondary N) is 2. The molecule has 0 aliphatic carbocycles. The van der Waals surface area contributed by atoms with Gasteiger partial charge >= 0.3 is 6.18 Å². The Bertz CT molecular complexity index is 383. The number of alkyl halides is 3. The van der Waals surface area contributed by atoms with Gasteiger partial charge in [0, 0.05) is 19.2 Å². The van der Waals surface area contributed by atoms with Crippen molar-refractivity contribution in [3.63, 3.8) is 0 Å². The van der Waals surface area contributed by atoms with Gasteiger partial charge in [-0.25, -0.2) is 4.98 Å². The van der Waals surface area contributed by atoms with E-state index in [4.69, 9.17) is 5.11 Å². The molecule has 0 saturated carbocycles. The monoisotopic (exact) mass is 250 g/mol. The van der Waals surface area contributed by atoms with Crippen molar-refractivity contribution >= 4 is 11.8 Å². The summed E-state index contributed by atoms with van der Waals surface area (Å²) in [7, 11) is 1.46. The Hall–Kier alpha value is -1.57. The van der Waals surface area contributed by atoms with E-state index in [-0.39, 0.29) is 18.4 Å². The average molecular weight is 250 g/mol. The van der Waals surface area contributed by atoms with Crippen molar-refractivity contribution in [2.45, 2.75) is 19.1 Å². The maximum Gasteiger partial charge on any atom is 0.433 e. The van der Waals surface area contributed by atoms with Crippen LogP contribution < -0.4 is 10.6 Å². The van der Waals surface area contributed by atoms with Crippen molar-refractivity contribution in [3.8, 4) is 0 Å². The first-order chi connectivity index (χ1) is 7.86. The van der Waals surface area contributed by atoms with Gasteiger partial charge in [0.1, 0.15) is 5.82 Å². The highest BCUT2D eigenvalue weighted by Crippen LogP contribution is 2.29. The second-order valence-corrected chi connectivity index (χ2v) is 3.44. The highest BCUT2D eigenvalue weighted by molar-refractivity contribution is 5.42. The molecular formula is C9H13F3N4O. The number of hydrogen-bond donors (Lipinski definition) is 3. The first-order valence-electron chi connectivity index (χ1n) is 4.88. The SMILES string of the molecule is CNc1cc(C(F)(F)F)nc(N[C@H](C)CO)n1. The molecule has 0 aliphatic rings. The third-order valence-corrected chi connectivity index (χ3v) is 1.92. The molecule has 1 atom stereocenters. The van der Waals surface area contributed by atoms with E-state index >= 15 is 0 Å². The molecule has 0 radical (unpaired) electrons. The largest absolute Gasteiger partial charge is 0.433 e. The Morgan fingerprint density at radius 3 is 2.53 bits per heavy atom. The van der Waals surface area contributed by atoms with E-state index in [0.29, 0.717) is 0 Å². The van der Waals surface area contributed by atoms with Crippen LogP contribution in [0.1, 0.15) is 12.6 Å². The molecule has 1 aromatic rings. The zero-order chi connectivity index (χ0) is 13.1. The predicted octanol–water partition coefficient (Wildman–Crippen LogP) is 1.33. The van der Waals surface area contributed by atoms with Crippen molar-refractivity contribution in [2.24, 2.45) is 0 Å². The molecule has 0 fully saturated rings. The first-order valence-corrected chi connectivity index (χ1v) is 4.88. The van der Waals surface area contributed by atoms with Gasteiger partial charge in [-0.3, -0.25) is 0 Å².